The normalized spacial score (nSPS) is 9.52. The van der Waals surface area contributed by atoms with Crippen molar-refractivity contribution in [1.82, 2.24) is 0 Å². The molecule has 0 radical (unpaired) electrons. The molecule has 0 aliphatic rings. The summed E-state index contributed by atoms with van der Waals surface area (Å²) in [4.78, 5) is 0. The molecule has 5 heteroatoms. The maximum atomic E-state index is 8.96. The molecule has 0 heterocycles. The lowest BCUT2D eigenvalue weighted by Gasteiger charge is -2.10. The molecule has 104 valence electrons. The van der Waals surface area contributed by atoms with Gasteiger partial charge in [0.2, 0.25) is 0 Å². The Morgan fingerprint density at radius 3 is 2.33 bits per heavy atom. The molecule has 0 fully saturated rings. The van der Waals surface area contributed by atoms with Gasteiger partial charge in [0.05, 0.1) is 30.4 Å². The van der Waals surface area contributed by atoms with Gasteiger partial charge in [-0.3, -0.25) is 0 Å². The van der Waals surface area contributed by atoms with Crippen molar-refractivity contribution in [3.8, 4) is 23.6 Å². The number of nitriles is 2. The first-order valence-corrected chi connectivity index (χ1v) is 6.44. The zero-order valence-electron chi connectivity index (χ0n) is 11.3. The van der Waals surface area contributed by atoms with Crippen LogP contribution in [0.1, 0.15) is 16.7 Å². The summed E-state index contributed by atoms with van der Waals surface area (Å²) >= 11 is 6.08. The molecular weight excluding hydrogens is 288 g/mol. The fourth-order valence-corrected chi connectivity index (χ4v) is 1.97. The first kappa shape index (κ1) is 14.7. The van der Waals surface area contributed by atoms with E-state index in [-0.39, 0.29) is 6.61 Å². The number of halogens is 1. The Hall–Kier alpha value is -2.69. The van der Waals surface area contributed by atoms with E-state index in [1.807, 2.05) is 12.1 Å². The van der Waals surface area contributed by atoms with Gasteiger partial charge in [0.1, 0.15) is 18.1 Å². The van der Waals surface area contributed by atoms with Crippen molar-refractivity contribution in [2.75, 3.05) is 7.11 Å². The lowest BCUT2D eigenvalue weighted by Crippen LogP contribution is -1.97. The van der Waals surface area contributed by atoms with Crippen LogP contribution in [0.4, 0.5) is 0 Å². The summed E-state index contributed by atoms with van der Waals surface area (Å²) < 4.78 is 10.7. The molecule has 0 amide bonds. The van der Waals surface area contributed by atoms with Gasteiger partial charge in [-0.2, -0.15) is 10.5 Å². The summed E-state index contributed by atoms with van der Waals surface area (Å²) in [6.07, 6.45) is 0. The van der Waals surface area contributed by atoms with Crippen molar-refractivity contribution in [3.05, 3.63) is 58.1 Å². The first-order valence-electron chi connectivity index (χ1n) is 6.07. The van der Waals surface area contributed by atoms with E-state index >= 15 is 0 Å². The van der Waals surface area contributed by atoms with Crippen molar-refractivity contribution >= 4 is 11.6 Å². The third-order valence-corrected chi connectivity index (χ3v) is 3.17. The van der Waals surface area contributed by atoms with Crippen LogP contribution in [0.25, 0.3) is 0 Å². The van der Waals surface area contributed by atoms with Crippen molar-refractivity contribution < 1.29 is 9.47 Å². The highest BCUT2D eigenvalue weighted by molar-refractivity contribution is 6.31. The van der Waals surface area contributed by atoms with Gasteiger partial charge in [-0.1, -0.05) is 17.7 Å². The number of ether oxygens (including phenoxy) is 2. The average molecular weight is 299 g/mol. The van der Waals surface area contributed by atoms with E-state index in [1.165, 1.54) is 7.11 Å². The topological polar surface area (TPSA) is 66.0 Å². The highest BCUT2D eigenvalue weighted by Gasteiger charge is 2.06. The van der Waals surface area contributed by atoms with Crippen molar-refractivity contribution in [2.45, 2.75) is 6.61 Å². The Kier molecular flexibility index (Phi) is 4.66. The standard InChI is InChI=1S/C16H11ClN2O2/c1-20-14-4-12(9-19)5-15(7-14)21-10-13-3-2-11(8-18)6-16(13)17/h2-7H,10H2,1H3. The van der Waals surface area contributed by atoms with Crippen molar-refractivity contribution in [2.24, 2.45) is 0 Å². The second kappa shape index (κ2) is 6.65. The number of rotatable bonds is 4. The summed E-state index contributed by atoms with van der Waals surface area (Å²) in [5.74, 6) is 1.07. The van der Waals surface area contributed by atoms with Crippen LogP contribution in [0, 0.1) is 22.7 Å². The van der Waals surface area contributed by atoms with Gasteiger partial charge in [-0.05, 0) is 24.3 Å². The van der Waals surface area contributed by atoms with E-state index in [0.29, 0.717) is 27.6 Å². The van der Waals surface area contributed by atoms with Gasteiger partial charge in [0.15, 0.2) is 0 Å². The van der Waals surface area contributed by atoms with E-state index in [1.54, 1.807) is 36.4 Å². The lowest BCUT2D eigenvalue weighted by molar-refractivity contribution is 0.303. The van der Waals surface area contributed by atoms with Gasteiger partial charge < -0.3 is 9.47 Å². The first-order chi connectivity index (χ1) is 10.2. The van der Waals surface area contributed by atoms with Gasteiger partial charge in [-0.25, -0.2) is 0 Å². The number of methoxy groups -OCH3 is 1. The molecule has 2 rings (SSSR count). The lowest BCUT2D eigenvalue weighted by atomic mass is 10.1. The van der Waals surface area contributed by atoms with Crippen LogP contribution in [0.2, 0.25) is 5.02 Å². The van der Waals surface area contributed by atoms with Crippen LogP contribution >= 0.6 is 11.6 Å². The van der Waals surface area contributed by atoms with E-state index in [4.69, 9.17) is 31.6 Å². The van der Waals surface area contributed by atoms with E-state index in [2.05, 4.69) is 0 Å². The highest BCUT2D eigenvalue weighted by Crippen LogP contribution is 2.25. The van der Waals surface area contributed by atoms with E-state index in [0.717, 1.165) is 5.56 Å². The van der Waals surface area contributed by atoms with Crippen LogP contribution in [-0.2, 0) is 6.61 Å². The minimum absolute atomic E-state index is 0.239. The summed E-state index contributed by atoms with van der Waals surface area (Å²) in [7, 11) is 1.53. The third kappa shape index (κ3) is 3.66. The minimum Gasteiger partial charge on any atom is -0.497 e. The largest absolute Gasteiger partial charge is 0.497 e. The third-order valence-electron chi connectivity index (χ3n) is 2.82. The summed E-state index contributed by atoms with van der Waals surface area (Å²) in [6.45, 7) is 0.239. The number of hydrogen-bond donors (Lipinski definition) is 0. The zero-order chi connectivity index (χ0) is 15.2. The predicted molar refractivity (Wildman–Crippen MR) is 78.2 cm³/mol. The summed E-state index contributed by atoms with van der Waals surface area (Å²) in [5, 5.41) is 18.2. The maximum Gasteiger partial charge on any atom is 0.124 e. The number of benzene rings is 2. The van der Waals surface area contributed by atoms with Gasteiger partial charge >= 0.3 is 0 Å². The maximum absolute atomic E-state index is 8.96. The molecule has 2 aromatic rings. The fourth-order valence-electron chi connectivity index (χ4n) is 1.73. The Morgan fingerprint density at radius 1 is 1.00 bits per heavy atom. The smallest absolute Gasteiger partial charge is 0.124 e. The van der Waals surface area contributed by atoms with Crippen molar-refractivity contribution in [3.63, 3.8) is 0 Å². The monoisotopic (exact) mass is 298 g/mol. The predicted octanol–water partition coefficient (Wildman–Crippen LogP) is 3.67. The van der Waals surface area contributed by atoms with E-state index in [9.17, 15) is 0 Å². The van der Waals surface area contributed by atoms with E-state index < -0.39 is 0 Å². The molecule has 0 aliphatic heterocycles. The molecule has 0 saturated carbocycles. The zero-order valence-corrected chi connectivity index (χ0v) is 12.0. The van der Waals surface area contributed by atoms with Crippen molar-refractivity contribution in [1.29, 1.82) is 10.5 Å². The Labute approximate surface area is 127 Å². The molecule has 0 atom stereocenters. The van der Waals surface area contributed by atoms with Crippen LogP contribution in [0.5, 0.6) is 11.5 Å². The van der Waals surface area contributed by atoms with Crippen LogP contribution < -0.4 is 9.47 Å². The fraction of sp³-hybridized carbons (Fsp3) is 0.125. The molecule has 21 heavy (non-hydrogen) atoms. The number of nitrogens with zero attached hydrogens (tertiary/aromatic N) is 2. The average Bonchev–Trinajstić information content (AvgIpc) is 2.53. The second-order valence-electron chi connectivity index (χ2n) is 4.22. The molecule has 0 N–H and O–H groups in total. The Bertz CT molecular complexity index is 745. The summed E-state index contributed by atoms with van der Waals surface area (Å²) in [6, 6.07) is 14.0. The molecule has 2 aromatic carbocycles. The Morgan fingerprint density at radius 2 is 1.71 bits per heavy atom. The minimum atomic E-state index is 0.239. The molecule has 0 aliphatic carbocycles. The van der Waals surface area contributed by atoms with Crippen LogP contribution in [0.15, 0.2) is 36.4 Å². The van der Waals surface area contributed by atoms with Gasteiger partial charge in [0.25, 0.3) is 0 Å². The van der Waals surface area contributed by atoms with Crippen LogP contribution in [-0.4, -0.2) is 7.11 Å². The quantitative estimate of drug-likeness (QED) is 0.863. The SMILES string of the molecule is COc1cc(C#N)cc(OCc2ccc(C#N)cc2Cl)c1. The molecule has 0 spiro atoms. The second-order valence-corrected chi connectivity index (χ2v) is 4.62. The van der Waals surface area contributed by atoms with Gasteiger partial charge in [0, 0.05) is 16.7 Å². The highest BCUT2D eigenvalue weighted by atomic mass is 35.5. The molecular formula is C16H11ClN2O2. The molecule has 0 bridgehead atoms. The van der Waals surface area contributed by atoms with Gasteiger partial charge in [-0.15, -0.1) is 0 Å². The number of hydrogen-bond acceptors (Lipinski definition) is 4. The molecule has 0 aromatic heterocycles. The van der Waals surface area contributed by atoms with Crippen LogP contribution in [0.3, 0.4) is 0 Å². The summed E-state index contributed by atoms with van der Waals surface area (Å²) in [5.41, 5.74) is 1.71. The molecule has 0 saturated heterocycles. The molecule has 4 nitrogen and oxygen atoms in total. The molecule has 0 unspecified atom stereocenters. The Balaban J connectivity index is 2.17.